The lowest BCUT2D eigenvalue weighted by molar-refractivity contribution is -0.307. The van der Waals surface area contributed by atoms with Gasteiger partial charge in [-0.2, -0.15) is 0 Å². The van der Waals surface area contributed by atoms with Gasteiger partial charge in [-0.1, -0.05) is 0 Å². The van der Waals surface area contributed by atoms with E-state index in [0.717, 1.165) is 0 Å². The molecule has 2 saturated heterocycles. The fraction of sp³-hybridized carbons (Fsp3) is 0.650. The molecule has 6 N–H and O–H groups in total. The molecule has 0 spiro atoms. The van der Waals surface area contributed by atoms with Crippen molar-refractivity contribution < 1.29 is 63.9 Å². The van der Waals surface area contributed by atoms with E-state index in [2.05, 4.69) is 0 Å². The van der Waals surface area contributed by atoms with E-state index in [0.29, 0.717) is 5.75 Å². The van der Waals surface area contributed by atoms with Crippen molar-refractivity contribution in [3.8, 4) is 11.5 Å². The second kappa shape index (κ2) is 10.9. The Morgan fingerprint density at radius 2 is 1.67 bits per heavy atom. The van der Waals surface area contributed by atoms with Crippen molar-refractivity contribution in [1.82, 2.24) is 0 Å². The molecular weight excluding hydrogens is 448 g/mol. The Labute approximate surface area is 188 Å². The third-order valence-corrected chi connectivity index (χ3v) is 5.38. The zero-order valence-electron chi connectivity index (χ0n) is 17.9. The fourth-order valence-electron chi connectivity index (χ4n) is 3.40. The van der Waals surface area contributed by atoms with Gasteiger partial charge in [0.2, 0.25) is 6.29 Å². The van der Waals surface area contributed by atoms with Crippen molar-refractivity contribution in [2.24, 2.45) is 0 Å². The van der Waals surface area contributed by atoms with Gasteiger partial charge in [-0.25, -0.2) is 4.79 Å². The van der Waals surface area contributed by atoms with Gasteiger partial charge in [0.1, 0.15) is 59.8 Å². The van der Waals surface area contributed by atoms with Crippen LogP contribution in [0.5, 0.6) is 11.5 Å². The van der Waals surface area contributed by atoms with Gasteiger partial charge in [0.15, 0.2) is 6.29 Å². The van der Waals surface area contributed by atoms with Gasteiger partial charge in [0.05, 0.1) is 27.4 Å². The average Bonchev–Trinajstić information content (AvgIpc) is 2.82. The smallest absolute Gasteiger partial charge is 0.341 e. The zero-order chi connectivity index (χ0) is 24.3. The summed E-state index contributed by atoms with van der Waals surface area (Å²) in [7, 11) is 2.57. The molecule has 33 heavy (non-hydrogen) atoms. The third kappa shape index (κ3) is 5.54. The molecule has 2 heterocycles. The summed E-state index contributed by atoms with van der Waals surface area (Å²) >= 11 is 0. The molecule has 1 aromatic rings. The maximum atomic E-state index is 12.1. The standard InChI is InChI=1S/C20H28O13/c1-28-8-3-4-11(9(5-8)18(27)29-2)32-20-17(26)15(24)14(23)12(33-20)7-31-19-16(25)13(22)10(21)6-30-19/h3-5,10,12-17,19-26H,6-7H2,1-2H3/t10-,12-,13+,14-,15+,16-,17-,19-,20-/m1/s1. The maximum absolute atomic E-state index is 12.1. The van der Waals surface area contributed by atoms with Crippen molar-refractivity contribution in [3.05, 3.63) is 23.8 Å². The zero-order valence-corrected chi connectivity index (χ0v) is 17.9. The number of methoxy groups -OCH3 is 2. The topological polar surface area (TPSA) is 194 Å². The van der Waals surface area contributed by atoms with Crippen molar-refractivity contribution in [2.45, 2.75) is 55.3 Å². The van der Waals surface area contributed by atoms with Gasteiger partial charge in [-0.15, -0.1) is 0 Å². The Hall–Kier alpha value is -2.07. The fourth-order valence-corrected chi connectivity index (χ4v) is 3.40. The van der Waals surface area contributed by atoms with E-state index in [9.17, 15) is 35.4 Å². The number of ether oxygens (including phenoxy) is 6. The first-order valence-corrected chi connectivity index (χ1v) is 10.1. The molecule has 0 bridgehead atoms. The molecule has 9 atom stereocenters. The Morgan fingerprint density at radius 1 is 0.970 bits per heavy atom. The molecule has 186 valence electrons. The van der Waals surface area contributed by atoms with Crippen LogP contribution in [0.4, 0.5) is 0 Å². The van der Waals surface area contributed by atoms with E-state index < -0.39 is 67.9 Å². The van der Waals surface area contributed by atoms with Crippen LogP contribution in [-0.2, 0) is 18.9 Å². The van der Waals surface area contributed by atoms with Gasteiger partial charge in [-0.05, 0) is 18.2 Å². The van der Waals surface area contributed by atoms with Gasteiger partial charge in [0.25, 0.3) is 0 Å². The summed E-state index contributed by atoms with van der Waals surface area (Å²) in [6.45, 7) is -0.736. The molecule has 13 nitrogen and oxygen atoms in total. The highest BCUT2D eigenvalue weighted by Gasteiger charge is 2.46. The van der Waals surface area contributed by atoms with E-state index in [-0.39, 0.29) is 17.9 Å². The molecule has 0 radical (unpaired) electrons. The number of aliphatic hydroxyl groups is 6. The van der Waals surface area contributed by atoms with Crippen LogP contribution in [0.15, 0.2) is 18.2 Å². The lowest BCUT2D eigenvalue weighted by atomic mass is 9.99. The maximum Gasteiger partial charge on any atom is 0.341 e. The quantitative estimate of drug-likeness (QED) is 0.220. The van der Waals surface area contributed by atoms with Crippen LogP contribution in [0, 0.1) is 0 Å². The molecule has 1 aromatic carbocycles. The van der Waals surface area contributed by atoms with Crippen LogP contribution < -0.4 is 9.47 Å². The van der Waals surface area contributed by atoms with Crippen LogP contribution in [0.1, 0.15) is 10.4 Å². The number of aliphatic hydroxyl groups excluding tert-OH is 6. The Bertz CT molecular complexity index is 804. The van der Waals surface area contributed by atoms with E-state index >= 15 is 0 Å². The molecular formula is C20H28O13. The van der Waals surface area contributed by atoms with E-state index in [1.165, 1.54) is 32.4 Å². The predicted octanol–water partition coefficient (Wildman–Crippen LogP) is -2.88. The summed E-state index contributed by atoms with van der Waals surface area (Å²) in [6, 6.07) is 4.22. The summed E-state index contributed by atoms with van der Waals surface area (Å²) < 4.78 is 31.4. The largest absolute Gasteiger partial charge is 0.497 e. The lowest BCUT2D eigenvalue weighted by Crippen LogP contribution is -2.61. The Balaban J connectivity index is 1.71. The molecule has 0 aliphatic carbocycles. The summed E-state index contributed by atoms with van der Waals surface area (Å²) in [5.74, 6) is -0.454. The molecule has 13 heteroatoms. The highest BCUT2D eigenvalue weighted by molar-refractivity contribution is 5.93. The second-order valence-corrected chi connectivity index (χ2v) is 7.57. The van der Waals surface area contributed by atoms with Crippen LogP contribution in [0.2, 0.25) is 0 Å². The first-order chi connectivity index (χ1) is 15.7. The van der Waals surface area contributed by atoms with Gasteiger partial charge < -0.3 is 59.1 Å². The molecule has 0 aromatic heterocycles. The number of carbonyl (C=O) groups excluding carboxylic acids is 1. The molecule has 3 rings (SSSR count). The molecule has 2 fully saturated rings. The number of hydrogen-bond acceptors (Lipinski definition) is 13. The second-order valence-electron chi connectivity index (χ2n) is 7.57. The number of carbonyl (C=O) groups is 1. The number of hydrogen-bond donors (Lipinski definition) is 6. The molecule has 0 saturated carbocycles. The van der Waals surface area contributed by atoms with E-state index in [4.69, 9.17) is 28.4 Å². The van der Waals surface area contributed by atoms with Crippen LogP contribution >= 0.6 is 0 Å². The third-order valence-electron chi connectivity index (χ3n) is 5.38. The first-order valence-electron chi connectivity index (χ1n) is 10.1. The van der Waals surface area contributed by atoms with Gasteiger partial charge >= 0.3 is 5.97 Å². The number of esters is 1. The SMILES string of the molecule is COC(=O)c1cc(OC)ccc1O[C@@H]1O[C@H](CO[C@H]2OC[C@@H](O)[C@H](O)[C@H]2O)[C@@H](O)[C@H](O)[C@H]1O. The van der Waals surface area contributed by atoms with Gasteiger partial charge in [-0.3, -0.25) is 0 Å². The monoisotopic (exact) mass is 476 g/mol. The minimum absolute atomic E-state index is 0.0349. The highest BCUT2D eigenvalue weighted by atomic mass is 16.7. The normalized spacial score (nSPS) is 36.8. The minimum Gasteiger partial charge on any atom is -0.497 e. The van der Waals surface area contributed by atoms with Crippen molar-refractivity contribution in [1.29, 1.82) is 0 Å². The Morgan fingerprint density at radius 3 is 2.33 bits per heavy atom. The predicted molar refractivity (Wildman–Crippen MR) is 105 cm³/mol. The first kappa shape index (κ1) is 25.6. The van der Waals surface area contributed by atoms with E-state index in [1.807, 2.05) is 0 Å². The molecule has 0 amide bonds. The molecule has 2 aliphatic heterocycles. The summed E-state index contributed by atoms with van der Waals surface area (Å²) in [6.07, 6.45) is -13.5. The number of benzene rings is 1. The summed E-state index contributed by atoms with van der Waals surface area (Å²) in [4.78, 5) is 12.1. The Kier molecular flexibility index (Phi) is 8.44. The highest BCUT2D eigenvalue weighted by Crippen LogP contribution is 2.30. The number of rotatable bonds is 7. The van der Waals surface area contributed by atoms with Gasteiger partial charge in [0, 0.05) is 0 Å². The van der Waals surface area contributed by atoms with Crippen LogP contribution in [0.3, 0.4) is 0 Å². The molecule has 0 unspecified atom stereocenters. The lowest BCUT2D eigenvalue weighted by Gasteiger charge is -2.41. The van der Waals surface area contributed by atoms with Crippen LogP contribution in [-0.4, -0.2) is 119 Å². The average molecular weight is 476 g/mol. The van der Waals surface area contributed by atoms with Crippen molar-refractivity contribution in [3.63, 3.8) is 0 Å². The summed E-state index contributed by atoms with van der Waals surface area (Å²) in [5, 5.41) is 60.1. The minimum atomic E-state index is -1.71. The van der Waals surface area contributed by atoms with Crippen molar-refractivity contribution >= 4 is 5.97 Å². The van der Waals surface area contributed by atoms with Crippen molar-refractivity contribution in [2.75, 3.05) is 27.4 Å². The van der Waals surface area contributed by atoms with E-state index in [1.54, 1.807) is 0 Å². The van der Waals surface area contributed by atoms with Crippen LogP contribution in [0.25, 0.3) is 0 Å². The molecule has 2 aliphatic rings. The summed E-state index contributed by atoms with van der Waals surface area (Å²) in [5.41, 5.74) is -0.0349.